The van der Waals surface area contributed by atoms with Crippen molar-refractivity contribution in [2.24, 2.45) is 0 Å². The highest BCUT2D eigenvalue weighted by atomic mass is 79.9. The number of aliphatic hydroxyl groups is 1. The largest absolute Gasteiger partial charge is 0.486 e. The van der Waals surface area contributed by atoms with Crippen LogP contribution in [0, 0.1) is 0 Å². The van der Waals surface area contributed by atoms with Gasteiger partial charge in [-0.15, -0.1) is 0 Å². The lowest BCUT2D eigenvalue weighted by molar-refractivity contribution is 0.0226. The lowest BCUT2D eigenvalue weighted by Crippen LogP contribution is -2.45. The number of hydrogen-bond donors (Lipinski definition) is 1. The molecule has 1 aromatic rings. The van der Waals surface area contributed by atoms with Crippen LogP contribution in [0.4, 0.5) is 0 Å². The van der Waals surface area contributed by atoms with Crippen LogP contribution < -0.4 is 4.74 Å². The Morgan fingerprint density at radius 1 is 1.47 bits per heavy atom. The first-order valence-corrected chi connectivity index (χ1v) is 6.02. The van der Waals surface area contributed by atoms with E-state index in [0.717, 1.165) is 0 Å². The first-order valence-electron chi connectivity index (χ1n) is 4.73. The second kappa shape index (κ2) is 3.65. The predicted molar refractivity (Wildman–Crippen MR) is 63.8 cm³/mol. The number of benzene rings is 1. The van der Waals surface area contributed by atoms with E-state index in [1.807, 2.05) is 26.0 Å². The fourth-order valence-electron chi connectivity index (χ4n) is 1.76. The van der Waals surface area contributed by atoms with Gasteiger partial charge in [-0.25, -0.2) is 0 Å². The van der Waals surface area contributed by atoms with E-state index < -0.39 is 11.7 Å². The van der Waals surface area contributed by atoms with E-state index in [9.17, 15) is 5.11 Å². The molecule has 1 aromatic carbocycles. The molecular weight excluding hydrogens is 279 g/mol. The number of aliphatic hydroxyl groups excluding tert-OH is 1. The third-order valence-electron chi connectivity index (χ3n) is 2.62. The fourth-order valence-corrected chi connectivity index (χ4v) is 2.39. The quantitative estimate of drug-likeness (QED) is 0.743. The molecule has 82 valence electrons. The zero-order valence-corrected chi connectivity index (χ0v) is 10.8. The Labute approximate surface area is 102 Å². The van der Waals surface area contributed by atoms with E-state index in [2.05, 4.69) is 15.9 Å². The number of hydrogen-bond acceptors (Lipinski definition) is 2. The Morgan fingerprint density at radius 2 is 2.13 bits per heavy atom. The Bertz CT molecular complexity index is 392. The molecule has 0 aromatic heterocycles. The summed E-state index contributed by atoms with van der Waals surface area (Å²) >= 11 is 9.48. The highest BCUT2D eigenvalue weighted by Crippen LogP contribution is 2.45. The number of ether oxygens (including phenoxy) is 1. The summed E-state index contributed by atoms with van der Waals surface area (Å²) in [4.78, 5) is -0.169. The molecule has 0 saturated carbocycles. The molecule has 0 amide bonds. The van der Waals surface area contributed by atoms with Crippen LogP contribution >= 0.6 is 27.5 Å². The van der Waals surface area contributed by atoms with Crippen molar-refractivity contribution in [3.8, 4) is 5.75 Å². The predicted octanol–water partition coefficient (Wildman–Crippen LogP) is 3.31. The monoisotopic (exact) mass is 290 g/mol. The number of fused-ring (bicyclic) bond motifs is 1. The van der Waals surface area contributed by atoms with Crippen LogP contribution in [0.5, 0.6) is 5.75 Å². The Balaban J connectivity index is 2.55. The van der Waals surface area contributed by atoms with Crippen LogP contribution in [0.3, 0.4) is 0 Å². The van der Waals surface area contributed by atoms with Crippen molar-refractivity contribution < 1.29 is 9.84 Å². The van der Waals surface area contributed by atoms with E-state index in [0.29, 0.717) is 16.3 Å². The number of rotatable bonds is 0. The maximum Gasteiger partial charge on any atom is 0.127 e. The smallest absolute Gasteiger partial charge is 0.127 e. The maximum absolute atomic E-state index is 10.1. The van der Waals surface area contributed by atoms with Crippen molar-refractivity contribution in [2.45, 2.75) is 30.4 Å². The average molecular weight is 292 g/mol. The molecule has 15 heavy (non-hydrogen) atoms. The molecule has 0 radical (unpaired) electrons. The summed E-state index contributed by atoms with van der Waals surface area (Å²) in [5.41, 5.74) is 0.220. The lowest BCUT2D eigenvalue weighted by atomic mass is 9.91. The van der Waals surface area contributed by atoms with E-state index in [1.54, 1.807) is 6.07 Å². The van der Waals surface area contributed by atoms with Crippen LogP contribution in [0.1, 0.15) is 25.5 Å². The molecule has 1 aliphatic rings. The molecule has 1 N–H and O–H groups in total. The fraction of sp³-hybridized carbons (Fsp3) is 0.455. The van der Waals surface area contributed by atoms with Crippen LogP contribution in [-0.2, 0) is 0 Å². The second-order valence-corrected chi connectivity index (χ2v) is 5.60. The summed E-state index contributed by atoms with van der Waals surface area (Å²) in [6, 6.07) is 5.40. The lowest BCUT2D eigenvalue weighted by Gasteiger charge is -2.40. The Kier molecular flexibility index (Phi) is 2.73. The zero-order chi connectivity index (χ0) is 11.2. The maximum atomic E-state index is 10.1. The molecule has 1 heterocycles. The second-order valence-electron chi connectivity index (χ2n) is 4.20. The molecule has 2 atom stereocenters. The molecule has 0 fully saturated rings. The first-order chi connectivity index (χ1) is 6.93. The van der Waals surface area contributed by atoms with Gasteiger partial charge < -0.3 is 9.84 Å². The normalized spacial score (nSPS) is 28.1. The third kappa shape index (κ3) is 1.77. The number of halogens is 2. The molecule has 0 saturated heterocycles. The van der Waals surface area contributed by atoms with Gasteiger partial charge in [0.25, 0.3) is 0 Å². The Hall–Kier alpha value is -0.250. The standard InChI is InChI=1S/C11H12BrClO2/c1-11(2)10(12)9(14)8-6(13)4-3-5-7(8)15-11/h3-5,9-10,14H,1-2H3/t9-,10+/m0/s1. The van der Waals surface area contributed by atoms with Gasteiger partial charge in [0.15, 0.2) is 0 Å². The molecule has 0 bridgehead atoms. The Morgan fingerprint density at radius 3 is 2.80 bits per heavy atom. The van der Waals surface area contributed by atoms with Gasteiger partial charge in [0.2, 0.25) is 0 Å². The summed E-state index contributed by atoms with van der Waals surface area (Å²) in [6.07, 6.45) is -0.641. The SMILES string of the molecule is CC1(C)Oc2cccc(Cl)c2[C@H](O)[C@H]1Br. The summed E-state index contributed by atoms with van der Waals surface area (Å²) in [5, 5.41) is 10.7. The van der Waals surface area contributed by atoms with Gasteiger partial charge in [0.1, 0.15) is 17.5 Å². The molecule has 2 nitrogen and oxygen atoms in total. The van der Waals surface area contributed by atoms with Gasteiger partial charge in [-0.3, -0.25) is 0 Å². The van der Waals surface area contributed by atoms with E-state index in [1.165, 1.54) is 0 Å². The van der Waals surface area contributed by atoms with Crippen molar-refractivity contribution in [3.05, 3.63) is 28.8 Å². The minimum Gasteiger partial charge on any atom is -0.486 e. The summed E-state index contributed by atoms with van der Waals surface area (Å²) in [5.74, 6) is 0.663. The van der Waals surface area contributed by atoms with Crippen LogP contribution in [0.25, 0.3) is 0 Å². The van der Waals surface area contributed by atoms with Crippen molar-refractivity contribution in [2.75, 3.05) is 0 Å². The van der Waals surface area contributed by atoms with Gasteiger partial charge in [-0.1, -0.05) is 33.6 Å². The van der Waals surface area contributed by atoms with Crippen molar-refractivity contribution in [3.63, 3.8) is 0 Å². The molecule has 4 heteroatoms. The minimum absolute atomic E-state index is 0.169. The van der Waals surface area contributed by atoms with E-state index in [4.69, 9.17) is 16.3 Å². The van der Waals surface area contributed by atoms with E-state index >= 15 is 0 Å². The van der Waals surface area contributed by atoms with Gasteiger partial charge in [0, 0.05) is 5.56 Å². The molecule has 0 aliphatic carbocycles. The molecule has 0 spiro atoms. The highest BCUT2D eigenvalue weighted by molar-refractivity contribution is 9.09. The summed E-state index contributed by atoms with van der Waals surface area (Å²) in [7, 11) is 0. The van der Waals surface area contributed by atoms with Crippen LogP contribution in [0.2, 0.25) is 5.02 Å². The summed E-state index contributed by atoms with van der Waals surface area (Å²) < 4.78 is 5.79. The first kappa shape index (κ1) is 11.2. The van der Waals surface area contributed by atoms with Crippen LogP contribution in [-0.4, -0.2) is 15.5 Å². The van der Waals surface area contributed by atoms with Crippen molar-refractivity contribution in [1.82, 2.24) is 0 Å². The topological polar surface area (TPSA) is 29.5 Å². The zero-order valence-electron chi connectivity index (χ0n) is 8.50. The molecule has 1 aliphatic heterocycles. The van der Waals surface area contributed by atoms with Crippen LogP contribution in [0.15, 0.2) is 18.2 Å². The van der Waals surface area contributed by atoms with Gasteiger partial charge in [-0.05, 0) is 26.0 Å². The highest BCUT2D eigenvalue weighted by Gasteiger charge is 2.42. The van der Waals surface area contributed by atoms with Gasteiger partial charge >= 0.3 is 0 Å². The van der Waals surface area contributed by atoms with Crippen molar-refractivity contribution in [1.29, 1.82) is 0 Å². The molecular formula is C11H12BrClO2. The van der Waals surface area contributed by atoms with E-state index in [-0.39, 0.29) is 4.83 Å². The minimum atomic E-state index is -0.641. The molecule has 0 unspecified atom stereocenters. The van der Waals surface area contributed by atoms with Gasteiger partial charge in [0.05, 0.1) is 9.85 Å². The van der Waals surface area contributed by atoms with Gasteiger partial charge in [-0.2, -0.15) is 0 Å². The third-order valence-corrected chi connectivity index (χ3v) is 4.56. The number of alkyl halides is 1. The summed E-state index contributed by atoms with van der Waals surface area (Å²) in [6.45, 7) is 3.86. The average Bonchev–Trinajstić information content (AvgIpc) is 2.13. The molecule has 2 rings (SSSR count). The van der Waals surface area contributed by atoms with Crippen molar-refractivity contribution >= 4 is 27.5 Å².